The molecule has 4 aromatic rings. The zero-order chi connectivity index (χ0) is 37.1. The first-order valence-electron chi connectivity index (χ1n) is 16.8. The summed E-state index contributed by atoms with van der Waals surface area (Å²) in [7, 11) is 1.50. The van der Waals surface area contributed by atoms with Gasteiger partial charge in [0.2, 0.25) is 11.8 Å². The van der Waals surface area contributed by atoms with Crippen molar-refractivity contribution < 1.29 is 43.9 Å². The fraction of sp³-hybridized carbons (Fsp3) is 0.389. The second kappa shape index (κ2) is 15.3. The molecule has 1 fully saturated rings. The number of rotatable bonds is 13. The number of nitrogen functional groups attached to an aromatic ring is 1. The van der Waals surface area contributed by atoms with Crippen molar-refractivity contribution in [3.8, 4) is 11.5 Å². The first-order chi connectivity index (χ1) is 25.0. The number of methoxy groups -OCH3 is 1. The number of hydrogen-bond donors (Lipinski definition) is 6. The van der Waals surface area contributed by atoms with E-state index in [-0.39, 0.29) is 55.5 Å². The highest BCUT2D eigenvalue weighted by atomic mass is 16.6. The van der Waals surface area contributed by atoms with Gasteiger partial charge in [0.25, 0.3) is 0 Å². The Bertz CT molecular complexity index is 2020. The monoisotopic (exact) mass is 715 g/mol. The number of fused-ring (bicyclic) bond motifs is 2. The van der Waals surface area contributed by atoms with Gasteiger partial charge < -0.3 is 45.9 Å². The number of ether oxygens (including phenoxy) is 3. The average Bonchev–Trinajstić information content (AvgIpc) is 3.83. The predicted molar refractivity (Wildman–Crippen MR) is 186 cm³/mol. The van der Waals surface area contributed by atoms with E-state index in [4.69, 9.17) is 19.9 Å². The molecule has 0 bridgehead atoms. The van der Waals surface area contributed by atoms with Crippen molar-refractivity contribution >= 4 is 34.8 Å². The second-order valence-corrected chi connectivity index (χ2v) is 12.9. The molecule has 0 aliphatic carbocycles. The third-order valence-electron chi connectivity index (χ3n) is 9.46. The number of hydrogen-bond acceptors (Lipinski definition) is 13. The van der Waals surface area contributed by atoms with Crippen molar-refractivity contribution in [1.29, 1.82) is 0 Å². The minimum Gasteiger partial charge on any atom is -0.507 e. The van der Waals surface area contributed by atoms with E-state index >= 15 is 0 Å². The minimum absolute atomic E-state index is 0.0742. The van der Waals surface area contributed by atoms with Crippen LogP contribution >= 0.6 is 0 Å². The first kappa shape index (κ1) is 36.2. The summed E-state index contributed by atoms with van der Waals surface area (Å²) in [6, 6.07) is 8.26. The van der Waals surface area contributed by atoms with Gasteiger partial charge in [-0.05, 0) is 37.8 Å². The molecule has 5 atom stereocenters. The Morgan fingerprint density at radius 3 is 2.67 bits per heavy atom. The molecule has 0 saturated carbocycles. The van der Waals surface area contributed by atoms with Crippen LogP contribution in [0.15, 0.2) is 54.6 Å². The number of phenolic OH excluding ortho intramolecular Hbond substituents is 1. The summed E-state index contributed by atoms with van der Waals surface area (Å²) in [5, 5.41) is 38.1. The van der Waals surface area contributed by atoms with Gasteiger partial charge in [-0.2, -0.15) is 0 Å². The Kier molecular flexibility index (Phi) is 10.7. The second-order valence-electron chi connectivity index (χ2n) is 12.9. The van der Waals surface area contributed by atoms with Crippen molar-refractivity contribution in [3.63, 3.8) is 0 Å². The van der Waals surface area contributed by atoms with Crippen molar-refractivity contribution in [2.24, 2.45) is 0 Å². The van der Waals surface area contributed by atoms with Gasteiger partial charge >= 0.3 is 5.97 Å². The van der Waals surface area contributed by atoms with Crippen LogP contribution in [0.25, 0.3) is 11.2 Å². The number of esters is 1. The van der Waals surface area contributed by atoms with Crippen LogP contribution in [0.1, 0.15) is 58.6 Å². The molecule has 0 spiro atoms. The van der Waals surface area contributed by atoms with E-state index in [1.54, 1.807) is 0 Å². The number of allylic oxidation sites excluding steroid dienone is 2. The van der Waals surface area contributed by atoms with E-state index in [0.29, 0.717) is 34.5 Å². The number of aromatic hydroxyl groups is 1. The van der Waals surface area contributed by atoms with Crippen LogP contribution in [-0.2, 0) is 38.5 Å². The number of carbonyl (C=O) groups is 3. The lowest BCUT2D eigenvalue weighted by Gasteiger charge is -2.21. The summed E-state index contributed by atoms with van der Waals surface area (Å²) >= 11 is 0. The molecule has 4 heterocycles. The minimum atomic E-state index is -1.36. The molecule has 0 radical (unpaired) electrons. The number of aromatic nitrogens is 4. The highest BCUT2D eigenvalue weighted by molar-refractivity contribution is 5.98. The maximum atomic E-state index is 13.5. The standard InChI is InChI=1S/C36H41N7O9/c1-18(9-11-21-28(45)26-22(15-51-36(26)49)19(2)31(21)50-3)10-12-25(44)42-23(13-20-7-5-4-6-8-20)34(48)38-14-24-29(46)30(47)35(52-24)43-17-41-27-32(37)39-16-40-33(27)43/h4-9,16-17,23-24,29-30,35,45-47H,10-15H2,1-3H3,(H,38,48)(H,42,44)(H2,37,39,40)/b18-9+/t23-,24+,29+,30+,35+/m0/s1. The third kappa shape index (κ3) is 7.26. The summed E-state index contributed by atoms with van der Waals surface area (Å²) < 4.78 is 18.1. The van der Waals surface area contributed by atoms with Crippen LogP contribution in [0.2, 0.25) is 0 Å². The molecular weight excluding hydrogens is 674 g/mol. The lowest BCUT2D eigenvalue weighted by atomic mass is 9.94. The van der Waals surface area contributed by atoms with Gasteiger partial charge in [-0.3, -0.25) is 14.2 Å². The smallest absolute Gasteiger partial charge is 0.342 e. The average molecular weight is 716 g/mol. The van der Waals surface area contributed by atoms with Gasteiger partial charge in [0, 0.05) is 30.5 Å². The van der Waals surface area contributed by atoms with E-state index in [9.17, 15) is 29.7 Å². The zero-order valence-electron chi connectivity index (χ0n) is 28.9. The fourth-order valence-corrected chi connectivity index (χ4v) is 6.55. The molecule has 2 aliphatic rings. The van der Waals surface area contributed by atoms with Crippen LogP contribution in [0, 0.1) is 6.92 Å². The number of anilines is 1. The quantitative estimate of drug-likeness (QED) is 0.0853. The van der Waals surface area contributed by atoms with Crippen LogP contribution < -0.4 is 21.1 Å². The van der Waals surface area contributed by atoms with Gasteiger partial charge in [0.15, 0.2) is 17.7 Å². The van der Waals surface area contributed by atoms with Crippen LogP contribution in [0.4, 0.5) is 5.82 Å². The van der Waals surface area contributed by atoms with Crippen molar-refractivity contribution in [2.45, 2.75) is 76.7 Å². The van der Waals surface area contributed by atoms with E-state index < -0.39 is 42.5 Å². The molecule has 2 aromatic heterocycles. The highest BCUT2D eigenvalue weighted by Gasteiger charge is 2.44. The zero-order valence-corrected chi connectivity index (χ0v) is 28.9. The Balaban J connectivity index is 1.08. The molecule has 2 aliphatic heterocycles. The Morgan fingerprint density at radius 2 is 1.92 bits per heavy atom. The number of aliphatic hydroxyl groups is 2. The van der Waals surface area contributed by atoms with Gasteiger partial charge in [-0.25, -0.2) is 19.7 Å². The Hall–Kier alpha value is -5.58. The van der Waals surface area contributed by atoms with Gasteiger partial charge in [-0.15, -0.1) is 0 Å². The molecule has 2 amide bonds. The van der Waals surface area contributed by atoms with Gasteiger partial charge in [-0.1, -0.05) is 42.0 Å². The number of benzene rings is 2. The lowest BCUT2D eigenvalue weighted by molar-refractivity contribution is -0.129. The molecule has 16 heteroatoms. The maximum absolute atomic E-state index is 13.5. The number of imidazole rings is 1. The number of cyclic esters (lactones) is 1. The summed E-state index contributed by atoms with van der Waals surface area (Å²) in [5.74, 6) is -0.988. The lowest BCUT2D eigenvalue weighted by Crippen LogP contribution is -2.50. The molecule has 1 saturated heterocycles. The van der Waals surface area contributed by atoms with E-state index in [2.05, 4.69) is 25.6 Å². The van der Waals surface area contributed by atoms with Crippen LogP contribution in [0.3, 0.4) is 0 Å². The molecule has 16 nitrogen and oxygen atoms in total. The first-order valence-corrected chi connectivity index (χ1v) is 16.8. The number of aliphatic hydroxyl groups excluding tert-OH is 2. The number of amides is 2. The third-order valence-corrected chi connectivity index (χ3v) is 9.46. The molecule has 274 valence electrons. The number of nitrogens with zero attached hydrogens (tertiary/aromatic N) is 4. The highest BCUT2D eigenvalue weighted by Crippen LogP contribution is 2.42. The van der Waals surface area contributed by atoms with Crippen LogP contribution in [-0.4, -0.2) is 90.6 Å². The summed E-state index contributed by atoms with van der Waals surface area (Å²) in [5.41, 5.74) is 10.1. The molecule has 7 N–H and O–H groups in total. The summed E-state index contributed by atoms with van der Waals surface area (Å²) in [4.78, 5) is 51.2. The van der Waals surface area contributed by atoms with Crippen molar-refractivity contribution in [2.75, 3.05) is 19.4 Å². The fourth-order valence-electron chi connectivity index (χ4n) is 6.55. The largest absolute Gasteiger partial charge is 0.507 e. The van der Waals surface area contributed by atoms with Crippen molar-refractivity contribution in [3.05, 3.63) is 82.5 Å². The topological polar surface area (TPSA) is 233 Å². The maximum Gasteiger partial charge on any atom is 0.342 e. The summed E-state index contributed by atoms with van der Waals surface area (Å²) in [6.07, 6.45) is 0.631. The molecule has 2 aromatic carbocycles. The van der Waals surface area contributed by atoms with E-state index in [0.717, 1.165) is 16.7 Å². The SMILES string of the molecule is COc1c(C)c2c(c(O)c1C/C=C(\C)CCC(=O)N[C@@H](Cc1ccccc1)C(=O)NC[C@H]1O[C@@H](n3cnc4c(N)ncnc43)[C@H](O)[C@@H]1O)C(=O)OC2. The molecule has 52 heavy (non-hydrogen) atoms. The van der Waals surface area contributed by atoms with Gasteiger partial charge in [0.05, 0.1) is 13.4 Å². The van der Waals surface area contributed by atoms with Crippen molar-refractivity contribution in [1.82, 2.24) is 30.2 Å². The van der Waals surface area contributed by atoms with Gasteiger partial charge in [0.1, 0.15) is 59.9 Å². The van der Waals surface area contributed by atoms with E-state index in [1.807, 2.05) is 50.3 Å². The number of nitrogens with two attached hydrogens (primary N) is 1. The number of phenols is 1. The molecule has 0 unspecified atom stereocenters. The normalized spacial score (nSPS) is 20.4. The summed E-state index contributed by atoms with van der Waals surface area (Å²) in [6.45, 7) is 3.58. The molecular formula is C36H41N7O9. The number of nitrogens with one attached hydrogen (secondary N) is 2. The molecule has 6 rings (SSSR count). The number of carbonyl (C=O) groups excluding carboxylic acids is 3. The van der Waals surface area contributed by atoms with Crippen LogP contribution in [0.5, 0.6) is 11.5 Å². The van der Waals surface area contributed by atoms with E-state index in [1.165, 1.54) is 24.3 Å². The predicted octanol–water partition coefficient (Wildman–Crippen LogP) is 1.53. The Morgan fingerprint density at radius 1 is 1.15 bits per heavy atom. The Labute approximate surface area is 298 Å².